The molecular weight excluding hydrogens is 307 g/mol. The van der Waals surface area contributed by atoms with E-state index in [1.54, 1.807) is 7.11 Å². The minimum Gasteiger partial charge on any atom is -0.382 e. The Hall–Kier alpha value is -0.130. The molecule has 0 fully saturated rings. The summed E-state index contributed by atoms with van der Waals surface area (Å²) in [6, 6.07) is 5.74. The first-order chi connectivity index (χ1) is 8.24. The maximum absolute atomic E-state index is 6.05. The van der Waals surface area contributed by atoms with Crippen LogP contribution in [0.4, 0.5) is 0 Å². The molecule has 3 nitrogen and oxygen atoms in total. The minimum absolute atomic E-state index is 0.500. The Balaban J connectivity index is 2.14. The van der Waals surface area contributed by atoms with Gasteiger partial charge in [0, 0.05) is 16.6 Å². The molecule has 1 aromatic carbocycles. The number of hydrogen-bond donors (Lipinski definition) is 0. The van der Waals surface area contributed by atoms with E-state index in [0.29, 0.717) is 38.1 Å². The third kappa shape index (κ3) is 6.38. The zero-order chi connectivity index (χ0) is 12.5. The van der Waals surface area contributed by atoms with Crippen molar-refractivity contribution in [2.75, 3.05) is 33.5 Å². The molecule has 0 aliphatic heterocycles. The predicted molar refractivity (Wildman–Crippen MR) is 71.5 cm³/mol. The lowest BCUT2D eigenvalue weighted by Crippen LogP contribution is -2.08. The van der Waals surface area contributed by atoms with Gasteiger partial charge in [-0.15, -0.1) is 0 Å². The first kappa shape index (κ1) is 14.9. The van der Waals surface area contributed by atoms with Crippen LogP contribution in [0.25, 0.3) is 0 Å². The molecule has 0 bridgehead atoms. The highest BCUT2D eigenvalue weighted by molar-refractivity contribution is 9.10. The van der Waals surface area contributed by atoms with Crippen LogP contribution in [-0.2, 0) is 20.8 Å². The highest BCUT2D eigenvalue weighted by Crippen LogP contribution is 2.21. The molecular formula is C12H16BrClO3. The Kier molecular flexibility index (Phi) is 7.81. The lowest BCUT2D eigenvalue weighted by molar-refractivity contribution is 0.0200. The van der Waals surface area contributed by atoms with Crippen LogP contribution in [-0.4, -0.2) is 33.5 Å². The Morgan fingerprint density at radius 3 is 2.53 bits per heavy atom. The molecule has 0 saturated heterocycles. The number of rotatable bonds is 8. The molecule has 0 saturated carbocycles. The van der Waals surface area contributed by atoms with E-state index in [9.17, 15) is 0 Å². The SMILES string of the molecule is COCCOCCOCc1ccc(Br)cc1Cl. The standard InChI is InChI=1S/C12H16BrClO3/c1-15-4-5-16-6-7-17-9-10-2-3-11(13)8-12(10)14/h2-3,8H,4-7,9H2,1H3. The summed E-state index contributed by atoms with van der Waals surface area (Å²) >= 11 is 9.41. The van der Waals surface area contributed by atoms with Crippen LogP contribution in [0.2, 0.25) is 5.02 Å². The van der Waals surface area contributed by atoms with E-state index in [2.05, 4.69) is 15.9 Å². The van der Waals surface area contributed by atoms with Crippen molar-refractivity contribution in [3.63, 3.8) is 0 Å². The summed E-state index contributed by atoms with van der Waals surface area (Å²) < 4.78 is 16.5. The molecule has 1 aromatic rings. The van der Waals surface area contributed by atoms with Crippen LogP contribution < -0.4 is 0 Å². The molecule has 0 aliphatic carbocycles. The van der Waals surface area contributed by atoms with E-state index >= 15 is 0 Å². The highest BCUT2D eigenvalue weighted by Gasteiger charge is 2.00. The molecule has 0 unspecified atom stereocenters. The van der Waals surface area contributed by atoms with E-state index in [1.807, 2.05) is 18.2 Å². The molecule has 96 valence electrons. The number of hydrogen-bond acceptors (Lipinski definition) is 3. The van der Waals surface area contributed by atoms with Crippen molar-refractivity contribution in [1.82, 2.24) is 0 Å². The Bertz CT molecular complexity index is 334. The van der Waals surface area contributed by atoms with Gasteiger partial charge in [-0.3, -0.25) is 0 Å². The smallest absolute Gasteiger partial charge is 0.0732 e. The van der Waals surface area contributed by atoms with Crippen LogP contribution in [0.15, 0.2) is 22.7 Å². The van der Waals surface area contributed by atoms with Crippen LogP contribution in [0, 0.1) is 0 Å². The molecule has 0 radical (unpaired) electrons. The number of benzene rings is 1. The summed E-state index contributed by atoms with van der Waals surface area (Å²) in [5.74, 6) is 0. The normalized spacial score (nSPS) is 10.8. The van der Waals surface area contributed by atoms with Gasteiger partial charge in [-0.25, -0.2) is 0 Å². The molecule has 17 heavy (non-hydrogen) atoms. The molecule has 0 aliphatic rings. The second kappa shape index (κ2) is 8.89. The topological polar surface area (TPSA) is 27.7 Å². The van der Waals surface area contributed by atoms with Crippen molar-refractivity contribution in [3.05, 3.63) is 33.3 Å². The summed E-state index contributed by atoms with van der Waals surface area (Å²) in [6.45, 7) is 2.82. The first-order valence-corrected chi connectivity index (χ1v) is 6.49. The highest BCUT2D eigenvalue weighted by atomic mass is 79.9. The quantitative estimate of drug-likeness (QED) is 0.687. The lowest BCUT2D eigenvalue weighted by Gasteiger charge is -2.07. The second-order valence-electron chi connectivity index (χ2n) is 3.39. The number of ether oxygens (including phenoxy) is 3. The maximum atomic E-state index is 6.05. The molecule has 0 N–H and O–H groups in total. The summed E-state index contributed by atoms with van der Waals surface area (Å²) in [5, 5.41) is 0.708. The van der Waals surface area contributed by atoms with Crippen LogP contribution in [0.3, 0.4) is 0 Å². The molecule has 0 atom stereocenters. The van der Waals surface area contributed by atoms with Gasteiger partial charge in [-0.2, -0.15) is 0 Å². The summed E-state index contributed by atoms with van der Waals surface area (Å²) in [7, 11) is 1.65. The average molecular weight is 324 g/mol. The van der Waals surface area contributed by atoms with E-state index in [-0.39, 0.29) is 0 Å². The molecule has 5 heteroatoms. The van der Waals surface area contributed by atoms with Crippen molar-refractivity contribution in [2.24, 2.45) is 0 Å². The van der Waals surface area contributed by atoms with Crippen LogP contribution in [0.1, 0.15) is 5.56 Å². The van der Waals surface area contributed by atoms with Gasteiger partial charge >= 0.3 is 0 Å². The van der Waals surface area contributed by atoms with Gasteiger partial charge in [0.15, 0.2) is 0 Å². The maximum Gasteiger partial charge on any atom is 0.0732 e. The summed E-state index contributed by atoms with van der Waals surface area (Å²) in [4.78, 5) is 0. The van der Waals surface area contributed by atoms with Gasteiger partial charge in [0.2, 0.25) is 0 Å². The van der Waals surface area contributed by atoms with Crippen molar-refractivity contribution in [1.29, 1.82) is 0 Å². The van der Waals surface area contributed by atoms with Crippen LogP contribution >= 0.6 is 27.5 Å². The van der Waals surface area contributed by atoms with E-state index in [4.69, 9.17) is 25.8 Å². The fourth-order valence-corrected chi connectivity index (χ4v) is 1.91. The largest absolute Gasteiger partial charge is 0.382 e. The van der Waals surface area contributed by atoms with Crippen molar-refractivity contribution in [2.45, 2.75) is 6.61 Å². The fourth-order valence-electron chi connectivity index (χ4n) is 1.18. The van der Waals surface area contributed by atoms with Gasteiger partial charge in [-0.05, 0) is 17.7 Å². The molecule has 0 aromatic heterocycles. The average Bonchev–Trinajstić information content (AvgIpc) is 2.30. The molecule has 0 heterocycles. The van der Waals surface area contributed by atoms with Gasteiger partial charge < -0.3 is 14.2 Å². The second-order valence-corrected chi connectivity index (χ2v) is 4.72. The van der Waals surface area contributed by atoms with Gasteiger partial charge in [0.25, 0.3) is 0 Å². The lowest BCUT2D eigenvalue weighted by atomic mass is 10.2. The Morgan fingerprint density at radius 1 is 1.12 bits per heavy atom. The van der Waals surface area contributed by atoms with E-state index in [1.165, 1.54) is 0 Å². The zero-order valence-electron chi connectivity index (χ0n) is 9.75. The predicted octanol–water partition coefficient (Wildman–Crippen LogP) is 3.28. The van der Waals surface area contributed by atoms with Gasteiger partial charge in [0.1, 0.15) is 0 Å². The third-order valence-corrected chi connectivity index (χ3v) is 2.92. The van der Waals surface area contributed by atoms with Crippen molar-refractivity contribution >= 4 is 27.5 Å². The molecule has 1 rings (SSSR count). The molecule has 0 spiro atoms. The van der Waals surface area contributed by atoms with Crippen molar-refractivity contribution < 1.29 is 14.2 Å². The zero-order valence-corrected chi connectivity index (χ0v) is 12.1. The number of halogens is 2. The van der Waals surface area contributed by atoms with Crippen molar-refractivity contribution in [3.8, 4) is 0 Å². The van der Waals surface area contributed by atoms with Crippen LogP contribution in [0.5, 0.6) is 0 Å². The third-order valence-electron chi connectivity index (χ3n) is 2.08. The first-order valence-electron chi connectivity index (χ1n) is 5.32. The van der Waals surface area contributed by atoms with Gasteiger partial charge in [0.05, 0.1) is 33.0 Å². The molecule has 0 amide bonds. The summed E-state index contributed by atoms with van der Waals surface area (Å²) in [5.41, 5.74) is 0.978. The van der Waals surface area contributed by atoms with Gasteiger partial charge in [-0.1, -0.05) is 33.6 Å². The minimum atomic E-state index is 0.500. The Morgan fingerprint density at radius 2 is 1.82 bits per heavy atom. The number of methoxy groups -OCH3 is 1. The fraction of sp³-hybridized carbons (Fsp3) is 0.500. The Labute approximate surface area is 115 Å². The summed E-state index contributed by atoms with van der Waals surface area (Å²) in [6.07, 6.45) is 0. The van der Waals surface area contributed by atoms with E-state index in [0.717, 1.165) is 10.0 Å². The van der Waals surface area contributed by atoms with E-state index < -0.39 is 0 Å². The monoisotopic (exact) mass is 322 g/mol.